The van der Waals surface area contributed by atoms with Crippen molar-refractivity contribution in [3.05, 3.63) is 60.3 Å². The number of amides is 1. The fourth-order valence-corrected chi connectivity index (χ4v) is 4.57. The van der Waals surface area contributed by atoms with Gasteiger partial charge >= 0.3 is 5.97 Å². The molecule has 2 aromatic carbocycles. The van der Waals surface area contributed by atoms with Gasteiger partial charge in [0.25, 0.3) is 5.91 Å². The van der Waals surface area contributed by atoms with Gasteiger partial charge in [-0.3, -0.25) is 9.59 Å². The summed E-state index contributed by atoms with van der Waals surface area (Å²) in [7, 11) is -3.62. The zero-order valence-electron chi connectivity index (χ0n) is 18.5. The number of aromatic nitrogens is 1. The molecule has 3 rings (SSSR count). The third-order valence-corrected chi connectivity index (χ3v) is 6.48. The first-order valence-electron chi connectivity index (χ1n) is 10.2. The Morgan fingerprint density at radius 3 is 2.34 bits per heavy atom. The molecule has 2 N–H and O–H groups in total. The van der Waals surface area contributed by atoms with Crippen LogP contribution in [-0.2, 0) is 30.9 Å². The largest absolute Gasteiger partial charge is 0.451 e. The number of sulfonamides is 1. The third kappa shape index (κ3) is 5.54. The van der Waals surface area contributed by atoms with Crippen molar-refractivity contribution < 1.29 is 22.7 Å². The van der Waals surface area contributed by atoms with Crippen molar-refractivity contribution in [2.75, 3.05) is 5.32 Å². The Morgan fingerprint density at radius 1 is 1.03 bits per heavy atom. The molecule has 32 heavy (non-hydrogen) atoms. The van der Waals surface area contributed by atoms with Crippen LogP contribution in [0.25, 0.3) is 10.9 Å². The SMILES string of the molecule is Cc1cc2ccccc2n1CC(=O)OC(C)C(=O)Nc1ccc(S(=O)(=O)NC(C)C)cc1. The molecule has 1 heterocycles. The molecular formula is C23H27N3O5S. The lowest BCUT2D eigenvalue weighted by atomic mass is 10.2. The van der Waals surface area contributed by atoms with Gasteiger partial charge in [0.05, 0.1) is 4.90 Å². The van der Waals surface area contributed by atoms with Crippen LogP contribution in [0.2, 0.25) is 0 Å². The predicted molar refractivity (Wildman–Crippen MR) is 123 cm³/mol. The molecule has 0 saturated carbocycles. The second kappa shape index (κ2) is 9.54. The Kier molecular flexibility index (Phi) is 7.00. The van der Waals surface area contributed by atoms with Crippen molar-refractivity contribution in [2.24, 2.45) is 0 Å². The van der Waals surface area contributed by atoms with Gasteiger partial charge < -0.3 is 14.6 Å². The van der Waals surface area contributed by atoms with Gasteiger partial charge in [0.15, 0.2) is 6.10 Å². The Morgan fingerprint density at radius 2 is 1.69 bits per heavy atom. The Balaban J connectivity index is 1.60. The highest BCUT2D eigenvalue weighted by Gasteiger charge is 2.20. The summed E-state index contributed by atoms with van der Waals surface area (Å²) in [4.78, 5) is 24.9. The van der Waals surface area contributed by atoms with E-state index < -0.39 is 28.0 Å². The van der Waals surface area contributed by atoms with Crippen molar-refractivity contribution >= 4 is 38.5 Å². The first-order chi connectivity index (χ1) is 15.1. The van der Waals surface area contributed by atoms with Crippen molar-refractivity contribution in [2.45, 2.75) is 51.3 Å². The molecule has 9 heteroatoms. The first-order valence-corrected chi connectivity index (χ1v) is 11.7. The predicted octanol–water partition coefficient (Wildman–Crippen LogP) is 3.21. The van der Waals surface area contributed by atoms with Crippen LogP contribution in [0.1, 0.15) is 26.5 Å². The van der Waals surface area contributed by atoms with Gasteiger partial charge in [0.1, 0.15) is 6.54 Å². The summed E-state index contributed by atoms with van der Waals surface area (Å²) in [6.07, 6.45) is -1.02. The number of esters is 1. The molecule has 170 valence electrons. The highest BCUT2D eigenvalue weighted by Crippen LogP contribution is 2.19. The number of hydrogen-bond acceptors (Lipinski definition) is 5. The van der Waals surface area contributed by atoms with Gasteiger partial charge in [-0.05, 0) is 69.5 Å². The van der Waals surface area contributed by atoms with Gasteiger partial charge in [-0.15, -0.1) is 0 Å². The summed E-state index contributed by atoms with van der Waals surface area (Å²) >= 11 is 0. The van der Waals surface area contributed by atoms with E-state index >= 15 is 0 Å². The summed E-state index contributed by atoms with van der Waals surface area (Å²) in [5.41, 5.74) is 2.23. The van der Waals surface area contributed by atoms with E-state index in [1.807, 2.05) is 41.8 Å². The lowest BCUT2D eigenvalue weighted by Gasteiger charge is -2.15. The van der Waals surface area contributed by atoms with Gasteiger partial charge in [0, 0.05) is 22.9 Å². The lowest BCUT2D eigenvalue weighted by molar-refractivity contribution is -0.153. The molecule has 0 spiro atoms. The smallest absolute Gasteiger partial charge is 0.326 e. The minimum Gasteiger partial charge on any atom is -0.451 e. The van der Waals surface area contributed by atoms with Crippen LogP contribution >= 0.6 is 0 Å². The minimum atomic E-state index is -3.62. The second-order valence-electron chi connectivity index (χ2n) is 7.85. The Labute approximate surface area is 187 Å². The third-order valence-electron chi connectivity index (χ3n) is 4.81. The average Bonchev–Trinajstić information content (AvgIpc) is 3.02. The molecule has 8 nitrogen and oxygen atoms in total. The van der Waals surface area contributed by atoms with E-state index in [-0.39, 0.29) is 17.5 Å². The molecule has 0 fully saturated rings. The number of aryl methyl sites for hydroxylation is 1. The quantitative estimate of drug-likeness (QED) is 0.505. The highest BCUT2D eigenvalue weighted by molar-refractivity contribution is 7.89. The van der Waals surface area contributed by atoms with E-state index in [2.05, 4.69) is 10.0 Å². The molecule has 0 bridgehead atoms. The van der Waals surface area contributed by atoms with Crippen molar-refractivity contribution in [3.8, 4) is 0 Å². The van der Waals surface area contributed by atoms with Gasteiger partial charge in [-0.2, -0.15) is 0 Å². The minimum absolute atomic E-state index is 0.00757. The molecular weight excluding hydrogens is 430 g/mol. The number of para-hydroxylation sites is 1. The molecule has 0 radical (unpaired) electrons. The molecule has 1 amide bonds. The van der Waals surface area contributed by atoms with E-state index in [0.717, 1.165) is 16.6 Å². The monoisotopic (exact) mass is 457 g/mol. The van der Waals surface area contributed by atoms with Gasteiger partial charge in [-0.25, -0.2) is 13.1 Å². The van der Waals surface area contributed by atoms with E-state index in [9.17, 15) is 18.0 Å². The summed E-state index contributed by atoms with van der Waals surface area (Å²) in [6.45, 7) is 6.85. The number of nitrogens with zero attached hydrogens (tertiary/aromatic N) is 1. The number of benzene rings is 2. The molecule has 3 aromatic rings. The number of carbonyl (C=O) groups is 2. The number of carbonyl (C=O) groups excluding carboxylic acids is 2. The standard InChI is InChI=1S/C23H27N3O5S/c1-15(2)25-32(29,30)20-11-9-19(10-12-20)24-23(28)17(4)31-22(27)14-26-16(3)13-18-7-5-6-8-21(18)26/h5-13,15,17,25H,14H2,1-4H3,(H,24,28). The molecule has 1 unspecified atom stereocenters. The Bertz CT molecular complexity index is 1230. The topological polar surface area (TPSA) is 106 Å². The molecule has 1 aromatic heterocycles. The van der Waals surface area contributed by atoms with Gasteiger partial charge in [0.2, 0.25) is 10.0 Å². The summed E-state index contributed by atoms with van der Waals surface area (Å²) in [5, 5.41) is 3.65. The number of rotatable bonds is 8. The average molecular weight is 458 g/mol. The zero-order valence-corrected chi connectivity index (χ0v) is 19.3. The summed E-state index contributed by atoms with van der Waals surface area (Å²) in [5.74, 6) is -1.04. The summed E-state index contributed by atoms with van der Waals surface area (Å²) < 4.78 is 34.0. The molecule has 0 aliphatic heterocycles. The number of hydrogen-bond donors (Lipinski definition) is 2. The maximum Gasteiger partial charge on any atom is 0.326 e. The van der Waals surface area contributed by atoms with Crippen molar-refractivity contribution in [1.29, 1.82) is 0 Å². The van der Waals surface area contributed by atoms with E-state index in [1.54, 1.807) is 13.8 Å². The number of anilines is 1. The van der Waals surface area contributed by atoms with Crippen LogP contribution in [0.4, 0.5) is 5.69 Å². The molecule has 0 saturated heterocycles. The Hall–Kier alpha value is -3.17. The zero-order chi connectivity index (χ0) is 23.5. The lowest BCUT2D eigenvalue weighted by Crippen LogP contribution is -2.31. The fraction of sp³-hybridized carbons (Fsp3) is 0.304. The van der Waals surface area contributed by atoms with Crippen LogP contribution < -0.4 is 10.0 Å². The van der Waals surface area contributed by atoms with Gasteiger partial charge in [-0.1, -0.05) is 18.2 Å². The molecule has 0 aliphatic rings. The van der Waals surface area contributed by atoms with E-state index in [4.69, 9.17) is 4.74 Å². The van der Waals surface area contributed by atoms with Crippen LogP contribution in [0.3, 0.4) is 0 Å². The van der Waals surface area contributed by atoms with E-state index in [1.165, 1.54) is 31.2 Å². The van der Waals surface area contributed by atoms with Crippen LogP contribution in [0.15, 0.2) is 59.5 Å². The van der Waals surface area contributed by atoms with Crippen LogP contribution in [0.5, 0.6) is 0 Å². The first kappa shape index (κ1) is 23.5. The normalized spacial score (nSPS) is 12.7. The number of fused-ring (bicyclic) bond motifs is 1. The van der Waals surface area contributed by atoms with Crippen molar-refractivity contribution in [1.82, 2.24) is 9.29 Å². The highest BCUT2D eigenvalue weighted by atomic mass is 32.2. The molecule has 1 atom stereocenters. The maximum absolute atomic E-state index is 12.4. The molecule has 0 aliphatic carbocycles. The van der Waals surface area contributed by atoms with Crippen molar-refractivity contribution in [3.63, 3.8) is 0 Å². The fourth-order valence-electron chi connectivity index (χ4n) is 3.31. The number of nitrogens with one attached hydrogen (secondary N) is 2. The summed E-state index contributed by atoms with van der Waals surface area (Å²) in [6, 6.07) is 15.2. The van der Waals surface area contributed by atoms with Crippen LogP contribution in [0, 0.1) is 6.92 Å². The van der Waals surface area contributed by atoms with Crippen LogP contribution in [-0.4, -0.2) is 37.0 Å². The second-order valence-corrected chi connectivity index (χ2v) is 9.57. The number of ether oxygens (including phenoxy) is 1. The van der Waals surface area contributed by atoms with E-state index in [0.29, 0.717) is 5.69 Å². The maximum atomic E-state index is 12.4.